The molecule has 0 radical (unpaired) electrons. The van der Waals surface area contributed by atoms with E-state index >= 15 is 0 Å². The van der Waals surface area contributed by atoms with Crippen molar-refractivity contribution in [3.05, 3.63) is 18.2 Å². The molecule has 1 aromatic rings. The molecule has 1 aromatic heterocycles. The van der Waals surface area contributed by atoms with Crippen molar-refractivity contribution in [3.8, 4) is 0 Å². The summed E-state index contributed by atoms with van der Waals surface area (Å²) in [4.78, 5) is 15.2. The van der Waals surface area contributed by atoms with Crippen LogP contribution >= 0.6 is 11.6 Å². The van der Waals surface area contributed by atoms with Crippen LogP contribution in [0, 0.1) is 0 Å². The van der Waals surface area contributed by atoms with E-state index < -0.39 is 11.3 Å². The predicted octanol–water partition coefficient (Wildman–Crippen LogP) is 1.67. The van der Waals surface area contributed by atoms with Crippen LogP contribution in [0.3, 0.4) is 0 Å². The number of halogens is 1. The Balaban J connectivity index is 2.21. The molecular formula is C9H11ClN2O2. The summed E-state index contributed by atoms with van der Waals surface area (Å²) in [6.07, 6.45) is 5.60. The van der Waals surface area contributed by atoms with E-state index in [4.69, 9.17) is 11.6 Å². The van der Waals surface area contributed by atoms with Gasteiger partial charge in [-0.05, 0) is 12.8 Å². The Hall–Kier alpha value is -1.03. The number of esters is 1. The summed E-state index contributed by atoms with van der Waals surface area (Å²) in [5.74, 6) is -0.436. The maximum atomic E-state index is 11.2. The van der Waals surface area contributed by atoms with E-state index in [1.165, 1.54) is 7.11 Å². The first-order valence-corrected chi connectivity index (χ1v) is 4.91. The number of rotatable bonds is 3. The molecule has 4 nitrogen and oxygen atoms in total. The summed E-state index contributed by atoms with van der Waals surface area (Å²) in [7, 11) is 1.33. The van der Waals surface area contributed by atoms with Gasteiger partial charge in [-0.3, -0.25) is 4.79 Å². The second-order valence-corrected chi connectivity index (χ2v) is 3.78. The summed E-state index contributed by atoms with van der Waals surface area (Å²) in [6, 6.07) is 0.471. The third kappa shape index (κ3) is 1.62. The van der Waals surface area contributed by atoms with Gasteiger partial charge in [-0.25, -0.2) is 4.98 Å². The van der Waals surface area contributed by atoms with Crippen LogP contribution in [0.25, 0.3) is 0 Å². The lowest BCUT2D eigenvalue weighted by molar-refractivity contribution is -0.140. The highest BCUT2D eigenvalue weighted by Crippen LogP contribution is 2.38. The highest BCUT2D eigenvalue weighted by Gasteiger charge is 2.30. The number of nitrogens with zero attached hydrogens (tertiary/aromatic N) is 2. The van der Waals surface area contributed by atoms with Crippen LogP contribution in [0.15, 0.2) is 12.5 Å². The molecule has 0 amide bonds. The number of carbonyl (C=O) groups excluding carboxylic acids is 1. The van der Waals surface area contributed by atoms with Crippen molar-refractivity contribution in [2.75, 3.05) is 7.11 Å². The van der Waals surface area contributed by atoms with E-state index in [0.717, 1.165) is 18.5 Å². The molecule has 0 aliphatic heterocycles. The first-order chi connectivity index (χ1) is 6.74. The van der Waals surface area contributed by atoms with Crippen LogP contribution < -0.4 is 0 Å². The third-order valence-electron chi connectivity index (χ3n) is 2.30. The van der Waals surface area contributed by atoms with Gasteiger partial charge in [0.1, 0.15) is 0 Å². The topological polar surface area (TPSA) is 44.1 Å². The average Bonchev–Trinajstić information content (AvgIpc) is 2.94. The van der Waals surface area contributed by atoms with Crippen LogP contribution in [0.2, 0.25) is 0 Å². The van der Waals surface area contributed by atoms with Gasteiger partial charge in [0.15, 0.2) is 5.38 Å². The second-order valence-electron chi connectivity index (χ2n) is 3.34. The van der Waals surface area contributed by atoms with Gasteiger partial charge in [0.05, 0.1) is 25.3 Å². The highest BCUT2D eigenvalue weighted by atomic mass is 35.5. The van der Waals surface area contributed by atoms with Crippen molar-refractivity contribution < 1.29 is 9.53 Å². The molecule has 76 valence electrons. The lowest BCUT2D eigenvalue weighted by atomic mass is 10.3. The fraction of sp³-hybridized carbons (Fsp3) is 0.556. The number of carbonyl (C=O) groups is 1. The monoisotopic (exact) mass is 214 g/mol. The number of methoxy groups -OCH3 is 1. The molecule has 5 heteroatoms. The van der Waals surface area contributed by atoms with E-state index in [-0.39, 0.29) is 0 Å². The van der Waals surface area contributed by atoms with Crippen molar-refractivity contribution in [2.45, 2.75) is 24.3 Å². The highest BCUT2D eigenvalue weighted by molar-refractivity contribution is 6.29. The summed E-state index contributed by atoms with van der Waals surface area (Å²) in [5, 5.41) is -0.747. The number of aromatic nitrogens is 2. The Morgan fingerprint density at radius 3 is 3.07 bits per heavy atom. The molecule has 1 aliphatic rings. The van der Waals surface area contributed by atoms with Crippen molar-refractivity contribution in [2.24, 2.45) is 0 Å². The van der Waals surface area contributed by atoms with Gasteiger partial charge in [0, 0.05) is 6.04 Å². The number of hydrogen-bond acceptors (Lipinski definition) is 3. The van der Waals surface area contributed by atoms with Crippen molar-refractivity contribution in [1.82, 2.24) is 9.55 Å². The van der Waals surface area contributed by atoms with Crippen LogP contribution in [-0.2, 0) is 9.53 Å². The Labute approximate surface area is 86.8 Å². The summed E-state index contributed by atoms with van der Waals surface area (Å²) in [5.41, 5.74) is 0.723. The Bertz CT molecular complexity index is 346. The summed E-state index contributed by atoms with van der Waals surface area (Å²) in [6.45, 7) is 0. The molecule has 1 fully saturated rings. The second kappa shape index (κ2) is 3.61. The van der Waals surface area contributed by atoms with Gasteiger partial charge in [-0.1, -0.05) is 0 Å². The fourth-order valence-corrected chi connectivity index (χ4v) is 1.65. The molecule has 1 saturated carbocycles. The van der Waals surface area contributed by atoms with E-state index in [1.807, 2.05) is 4.57 Å². The first kappa shape index (κ1) is 9.52. The van der Waals surface area contributed by atoms with Crippen LogP contribution in [0.4, 0.5) is 0 Å². The molecule has 1 unspecified atom stereocenters. The normalized spacial score (nSPS) is 17.9. The molecule has 1 heterocycles. The van der Waals surface area contributed by atoms with Crippen molar-refractivity contribution in [1.29, 1.82) is 0 Å². The molecular weight excluding hydrogens is 204 g/mol. The number of alkyl halides is 1. The molecule has 0 aromatic carbocycles. The smallest absolute Gasteiger partial charge is 0.329 e. The fourth-order valence-electron chi connectivity index (χ4n) is 1.39. The van der Waals surface area contributed by atoms with E-state index in [9.17, 15) is 4.79 Å². The maximum absolute atomic E-state index is 11.2. The van der Waals surface area contributed by atoms with Crippen LogP contribution in [-0.4, -0.2) is 22.6 Å². The summed E-state index contributed by atoms with van der Waals surface area (Å²) >= 11 is 5.94. The Kier molecular flexibility index (Phi) is 2.46. The zero-order valence-corrected chi connectivity index (χ0v) is 8.57. The van der Waals surface area contributed by atoms with E-state index in [0.29, 0.717) is 6.04 Å². The van der Waals surface area contributed by atoms with Crippen LogP contribution in [0.1, 0.15) is 30.0 Å². The Morgan fingerprint density at radius 1 is 1.79 bits per heavy atom. The number of ether oxygens (including phenoxy) is 1. The zero-order valence-electron chi connectivity index (χ0n) is 7.81. The Morgan fingerprint density at radius 2 is 2.50 bits per heavy atom. The number of hydrogen-bond donors (Lipinski definition) is 0. The molecule has 0 saturated heterocycles. The number of imidazole rings is 1. The quantitative estimate of drug-likeness (QED) is 0.568. The molecule has 1 aliphatic carbocycles. The van der Waals surface area contributed by atoms with Gasteiger partial charge >= 0.3 is 5.97 Å². The molecule has 0 N–H and O–H groups in total. The van der Waals surface area contributed by atoms with E-state index in [2.05, 4.69) is 9.72 Å². The SMILES string of the molecule is COC(=O)C(Cl)c1cncn1C1CC1. The van der Waals surface area contributed by atoms with Crippen molar-refractivity contribution >= 4 is 17.6 Å². The van der Waals surface area contributed by atoms with E-state index in [1.54, 1.807) is 12.5 Å². The lowest BCUT2D eigenvalue weighted by Crippen LogP contribution is -2.12. The molecule has 0 spiro atoms. The van der Waals surface area contributed by atoms with Gasteiger partial charge in [-0.2, -0.15) is 0 Å². The first-order valence-electron chi connectivity index (χ1n) is 4.47. The molecule has 14 heavy (non-hydrogen) atoms. The summed E-state index contributed by atoms with van der Waals surface area (Å²) < 4.78 is 6.53. The maximum Gasteiger partial charge on any atom is 0.329 e. The zero-order chi connectivity index (χ0) is 10.1. The minimum Gasteiger partial charge on any atom is -0.468 e. The standard InChI is InChI=1S/C9H11ClN2O2/c1-14-9(13)8(10)7-4-11-5-12(7)6-2-3-6/h4-6,8H,2-3H2,1H3. The van der Waals surface area contributed by atoms with Crippen molar-refractivity contribution in [3.63, 3.8) is 0 Å². The van der Waals surface area contributed by atoms with Gasteiger partial charge in [-0.15, -0.1) is 11.6 Å². The predicted molar refractivity (Wildman–Crippen MR) is 51.1 cm³/mol. The molecule has 1 atom stereocenters. The van der Waals surface area contributed by atoms with Gasteiger partial charge in [0.2, 0.25) is 0 Å². The minimum absolute atomic E-state index is 0.436. The average molecular weight is 215 g/mol. The molecule has 2 rings (SSSR count). The largest absolute Gasteiger partial charge is 0.468 e. The van der Waals surface area contributed by atoms with Gasteiger partial charge in [0.25, 0.3) is 0 Å². The lowest BCUT2D eigenvalue weighted by Gasteiger charge is -2.09. The minimum atomic E-state index is -0.747. The van der Waals surface area contributed by atoms with Gasteiger partial charge < -0.3 is 9.30 Å². The third-order valence-corrected chi connectivity index (χ3v) is 2.71. The van der Waals surface area contributed by atoms with Crippen LogP contribution in [0.5, 0.6) is 0 Å². The molecule has 0 bridgehead atoms.